The molecule has 3 unspecified atom stereocenters. The first-order chi connectivity index (χ1) is 10.6. The predicted molar refractivity (Wildman–Crippen MR) is 88.7 cm³/mol. The lowest BCUT2D eigenvalue weighted by molar-refractivity contribution is -0.123. The van der Waals surface area contributed by atoms with E-state index in [-0.39, 0.29) is 17.7 Å². The lowest BCUT2D eigenvalue weighted by Crippen LogP contribution is -2.35. The molecule has 2 aromatic carbocycles. The Bertz CT molecular complexity index is 680. The molecule has 1 amide bonds. The van der Waals surface area contributed by atoms with Crippen LogP contribution in [0.4, 0.5) is 0 Å². The minimum Gasteiger partial charge on any atom is -0.391 e. The lowest BCUT2D eigenvalue weighted by atomic mass is 10.0. The largest absolute Gasteiger partial charge is 0.391 e. The first-order valence-electron chi connectivity index (χ1n) is 8.00. The van der Waals surface area contributed by atoms with Crippen molar-refractivity contribution in [1.29, 1.82) is 0 Å². The van der Waals surface area contributed by atoms with E-state index in [1.54, 1.807) is 0 Å². The van der Waals surface area contributed by atoms with E-state index in [2.05, 4.69) is 35.6 Å². The van der Waals surface area contributed by atoms with Gasteiger partial charge in [0.2, 0.25) is 5.91 Å². The van der Waals surface area contributed by atoms with Gasteiger partial charge >= 0.3 is 0 Å². The molecule has 2 N–H and O–H groups in total. The number of carbonyl (C=O) groups excluding carboxylic acids is 1. The Morgan fingerprint density at radius 3 is 2.68 bits per heavy atom. The molecule has 22 heavy (non-hydrogen) atoms. The second kappa shape index (κ2) is 6.09. The molecule has 0 aromatic heterocycles. The summed E-state index contributed by atoms with van der Waals surface area (Å²) in [5.41, 5.74) is 1.24. The molecule has 0 aliphatic heterocycles. The number of benzene rings is 2. The third-order valence-electron chi connectivity index (χ3n) is 4.58. The van der Waals surface area contributed by atoms with Crippen molar-refractivity contribution in [2.75, 3.05) is 6.54 Å². The van der Waals surface area contributed by atoms with E-state index in [1.165, 1.54) is 16.3 Å². The summed E-state index contributed by atoms with van der Waals surface area (Å²) in [7, 11) is 0. The molecule has 1 saturated carbocycles. The van der Waals surface area contributed by atoms with Gasteiger partial charge in [-0.05, 0) is 34.6 Å². The summed E-state index contributed by atoms with van der Waals surface area (Å²) in [6.45, 7) is 4.25. The van der Waals surface area contributed by atoms with E-state index in [9.17, 15) is 9.90 Å². The molecule has 0 heterocycles. The Labute approximate surface area is 131 Å². The molecule has 116 valence electrons. The normalized spacial score (nSPS) is 21.8. The fourth-order valence-electron chi connectivity index (χ4n) is 2.86. The van der Waals surface area contributed by atoms with Crippen LogP contribution in [0.15, 0.2) is 42.5 Å². The van der Waals surface area contributed by atoms with Gasteiger partial charge in [0.05, 0.1) is 6.10 Å². The molecule has 1 aliphatic rings. The summed E-state index contributed by atoms with van der Waals surface area (Å²) < 4.78 is 0. The highest BCUT2D eigenvalue weighted by Crippen LogP contribution is 2.48. The first kappa shape index (κ1) is 15.0. The van der Waals surface area contributed by atoms with Crippen molar-refractivity contribution in [3.05, 3.63) is 48.0 Å². The van der Waals surface area contributed by atoms with E-state index in [1.807, 2.05) is 26.0 Å². The molecule has 0 saturated heterocycles. The van der Waals surface area contributed by atoms with Gasteiger partial charge in [0.15, 0.2) is 0 Å². The quantitative estimate of drug-likeness (QED) is 0.891. The Balaban J connectivity index is 1.62. The van der Waals surface area contributed by atoms with E-state index in [0.717, 1.165) is 6.42 Å². The number of fused-ring (bicyclic) bond motifs is 1. The Hall–Kier alpha value is -1.87. The molecule has 3 rings (SSSR count). The van der Waals surface area contributed by atoms with Crippen molar-refractivity contribution in [3.63, 3.8) is 0 Å². The van der Waals surface area contributed by atoms with Crippen molar-refractivity contribution in [2.24, 2.45) is 11.8 Å². The van der Waals surface area contributed by atoms with Gasteiger partial charge in [0.25, 0.3) is 0 Å². The highest BCUT2D eigenvalue weighted by Gasteiger charge is 2.43. The summed E-state index contributed by atoms with van der Waals surface area (Å²) in [5.74, 6) is 0.606. The molecular formula is C19H23NO2. The van der Waals surface area contributed by atoms with Gasteiger partial charge in [-0.2, -0.15) is 0 Å². The maximum Gasteiger partial charge on any atom is 0.223 e. The number of aliphatic hydroxyl groups excluding tert-OH is 1. The number of hydrogen-bond donors (Lipinski definition) is 2. The average Bonchev–Trinajstić information content (AvgIpc) is 3.32. The highest BCUT2D eigenvalue weighted by molar-refractivity contribution is 5.85. The zero-order chi connectivity index (χ0) is 15.7. The molecule has 2 aromatic rings. The van der Waals surface area contributed by atoms with Crippen molar-refractivity contribution in [1.82, 2.24) is 5.32 Å². The van der Waals surface area contributed by atoms with Crippen molar-refractivity contribution < 1.29 is 9.90 Å². The first-order valence-corrected chi connectivity index (χ1v) is 8.00. The van der Waals surface area contributed by atoms with Gasteiger partial charge in [-0.15, -0.1) is 0 Å². The van der Waals surface area contributed by atoms with Crippen LogP contribution in [0.1, 0.15) is 31.7 Å². The van der Waals surface area contributed by atoms with Crippen molar-refractivity contribution in [3.8, 4) is 0 Å². The minimum absolute atomic E-state index is 0.0560. The van der Waals surface area contributed by atoms with Crippen LogP contribution in [-0.2, 0) is 4.79 Å². The number of amides is 1. The Morgan fingerprint density at radius 2 is 1.95 bits per heavy atom. The second-order valence-corrected chi connectivity index (χ2v) is 6.61. The summed E-state index contributed by atoms with van der Waals surface area (Å²) in [5, 5.41) is 15.1. The molecule has 0 radical (unpaired) electrons. The number of hydrogen-bond acceptors (Lipinski definition) is 2. The van der Waals surface area contributed by atoms with Crippen LogP contribution in [0.5, 0.6) is 0 Å². The number of nitrogens with one attached hydrogen (secondary N) is 1. The lowest BCUT2D eigenvalue weighted by Gasteiger charge is -2.15. The average molecular weight is 297 g/mol. The zero-order valence-electron chi connectivity index (χ0n) is 13.1. The van der Waals surface area contributed by atoms with Gasteiger partial charge in [-0.25, -0.2) is 0 Å². The number of carbonyl (C=O) groups is 1. The summed E-state index contributed by atoms with van der Waals surface area (Å²) in [4.78, 5) is 12.2. The standard InChI is InChI=1S/C19H23NO2/c1-12(2)18(21)11-20-19(22)17-10-16(17)15-8-7-13-5-3-4-6-14(13)9-15/h3-9,12,16-18,21H,10-11H2,1-2H3,(H,20,22). The summed E-state index contributed by atoms with van der Waals surface area (Å²) in [6.07, 6.45) is 0.434. The third-order valence-corrected chi connectivity index (χ3v) is 4.58. The van der Waals surface area contributed by atoms with Crippen LogP contribution in [-0.4, -0.2) is 23.7 Å². The maximum atomic E-state index is 12.2. The summed E-state index contributed by atoms with van der Waals surface area (Å²) in [6, 6.07) is 14.7. The Kier molecular flexibility index (Phi) is 4.16. The maximum absolute atomic E-state index is 12.2. The topological polar surface area (TPSA) is 49.3 Å². The van der Waals surface area contributed by atoms with Crippen molar-refractivity contribution in [2.45, 2.75) is 32.3 Å². The molecule has 0 spiro atoms. The van der Waals surface area contributed by atoms with E-state index in [0.29, 0.717) is 12.5 Å². The van der Waals surface area contributed by atoms with Crippen LogP contribution < -0.4 is 5.32 Å². The highest BCUT2D eigenvalue weighted by atomic mass is 16.3. The van der Waals surface area contributed by atoms with Crippen LogP contribution in [0.2, 0.25) is 0 Å². The molecule has 3 heteroatoms. The van der Waals surface area contributed by atoms with Crippen LogP contribution in [0.3, 0.4) is 0 Å². The van der Waals surface area contributed by atoms with Crippen LogP contribution in [0.25, 0.3) is 10.8 Å². The van der Waals surface area contributed by atoms with Gasteiger partial charge in [0, 0.05) is 12.5 Å². The van der Waals surface area contributed by atoms with Crippen LogP contribution >= 0.6 is 0 Å². The Morgan fingerprint density at radius 1 is 1.23 bits per heavy atom. The molecular weight excluding hydrogens is 274 g/mol. The molecule has 1 fully saturated rings. The second-order valence-electron chi connectivity index (χ2n) is 6.61. The van der Waals surface area contributed by atoms with E-state index < -0.39 is 6.10 Å². The smallest absolute Gasteiger partial charge is 0.223 e. The number of aliphatic hydroxyl groups is 1. The monoisotopic (exact) mass is 297 g/mol. The predicted octanol–water partition coefficient (Wildman–Crippen LogP) is 3.08. The molecule has 3 nitrogen and oxygen atoms in total. The van der Waals surface area contributed by atoms with E-state index in [4.69, 9.17) is 0 Å². The number of rotatable bonds is 5. The van der Waals surface area contributed by atoms with Gasteiger partial charge < -0.3 is 10.4 Å². The summed E-state index contributed by atoms with van der Waals surface area (Å²) >= 11 is 0. The van der Waals surface area contributed by atoms with Crippen molar-refractivity contribution >= 4 is 16.7 Å². The molecule has 3 atom stereocenters. The molecule has 0 bridgehead atoms. The van der Waals surface area contributed by atoms with Gasteiger partial charge in [0.1, 0.15) is 0 Å². The third kappa shape index (κ3) is 3.14. The fraction of sp³-hybridized carbons (Fsp3) is 0.421. The van der Waals surface area contributed by atoms with E-state index >= 15 is 0 Å². The SMILES string of the molecule is CC(C)C(O)CNC(=O)C1CC1c1ccc2ccccc2c1. The fourth-order valence-corrected chi connectivity index (χ4v) is 2.86. The molecule has 1 aliphatic carbocycles. The van der Waals surface area contributed by atoms with Gasteiger partial charge in [-0.1, -0.05) is 56.3 Å². The minimum atomic E-state index is -0.471. The van der Waals surface area contributed by atoms with Gasteiger partial charge in [-0.3, -0.25) is 4.79 Å². The zero-order valence-corrected chi connectivity index (χ0v) is 13.1. The van der Waals surface area contributed by atoms with Crippen LogP contribution in [0, 0.1) is 11.8 Å².